The number of nitrogens with one attached hydrogen (secondary N) is 2. The summed E-state index contributed by atoms with van der Waals surface area (Å²) in [5.74, 6) is -0.303. The molecule has 1 amide bonds. The van der Waals surface area contributed by atoms with E-state index in [0.717, 1.165) is 16.3 Å². The number of fused-ring (bicyclic) bond motifs is 1. The number of carbonyl (C=O) groups is 1. The van der Waals surface area contributed by atoms with Crippen molar-refractivity contribution in [1.82, 2.24) is 15.8 Å². The zero-order valence-corrected chi connectivity index (χ0v) is 11.9. The van der Waals surface area contributed by atoms with E-state index in [1.807, 2.05) is 36.4 Å². The summed E-state index contributed by atoms with van der Waals surface area (Å²) >= 11 is 0. The minimum Gasteiger partial charge on any atom is -0.298 e. The van der Waals surface area contributed by atoms with Crippen LogP contribution in [0.2, 0.25) is 0 Å². The van der Waals surface area contributed by atoms with Crippen molar-refractivity contribution in [3.63, 3.8) is 0 Å². The summed E-state index contributed by atoms with van der Waals surface area (Å²) in [5.41, 5.74) is 7.31. The Hall–Kier alpha value is -3.14. The number of carbonyl (C=O) groups excluding carboxylic acids is 1. The number of rotatable bonds is 4. The van der Waals surface area contributed by atoms with E-state index < -0.39 is 0 Å². The molecule has 1 aromatic heterocycles. The molecule has 22 heavy (non-hydrogen) atoms. The molecule has 0 spiro atoms. The van der Waals surface area contributed by atoms with Crippen LogP contribution < -0.4 is 10.9 Å². The zero-order valence-electron chi connectivity index (χ0n) is 11.9. The van der Waals surface area contributed by atoms with Crippen LogP contribution in [-0.2, 0) is 0 Å². The number of hydrogen-bond donors (Lipinski definition) is 2. The third kappa shape index (κ3) is 2.96. The van der Waals surface area contributed by atoms with E-state index in [1.54, 1.807) is 24.4 Å². The number of amides is 1. The average molecular weight is 289 g/mol. The predicted octanol–water partition coefficient (Wildman–Crippen LogP) is 3.14. The van der Waals surface area contributed by atoms with Gasteiger partial charge >= 0.3 is 0 Å². The predicted molar refractivity (Wildman–Crippen MR) is 87.8 cm³/mol. The van der Waals surface area contributed by atoms with Crippen LogP contribution >= 0.6 is 0 Å². The maximum atomic E-state index is 11.9. The lowest BCUT2D eigenvalue weighted by Gasteiger charge is -2.11. The minimum absolute atomic E-state index is 0.303. The molecule has 0 bridgehead atoms. The molecular formula is C18H15N3O. The topological polar surface area (TPSA) is 54.0 Å². The molecule has 0 unspecified atom stereocenters. The van der Waals surface area contributed by atoms with Gasteiger partial charge in [0, 0.05) is 6.20 Å². The quantitative estimate of drug-likeness (QED) is 0.725. The molecule has 0 atom stereocenters. The van der Waals surface area contributed by atoms with Gasteiger partial charge in [0.05, 0.1) is 5.70 Å². The van der Waals surface area contributed by atoms with Gasteiger partial charge in [-0.05, 0) is 34.5 Å². The Morgan fingerprint density at radius 2 is 1.68 bits per heavy atom. The number of nitrogens with zero attached hydrogens (tertiary/aromatic N) is 1. The second kappa shape index (κ2) is 6.10. The van der Waals surface area contributed by atoms with E-state index in [4.69, 9.17) is 0 Å². The van der Waals surface area contributed by atoms with Crippen molar-refractivity contribution in [3.05, 3.63) is 84.7 Å². The van der Waals surface area contributed by atoms with Crippen LogP contribution in [-0.4, -0.2) is 10.9 Å². The monoisotopic (exact) mass is 289 g/mol. The molecule has 1 heterocycles. The standard InChI is InChI=1S/C18H15N3O/c1-13(20-21-18(22)17-8-4-5-11-19-17)15-10-9-14-6-2-3-7-16(14)12-15/h2-12,20H,1H2,(H,21,22). The van der Waals surface area contributed by atoms with Crippen LogP contribution in [0.4, 0.5) is 0 Å². The van der Waals surface area contributed by atoms with Crippen LogP contribution in [0, 0.1) is 0 Å². The molecular weight excluding hydrogens is 274 g/mol. The Labute approximate surface area is 128 Å². The lowest BCUT2D eigenvalue weighted by Crippen LogP contribution is -2.36. The highest BCUT2D eigenvalue weighted by Gasteiger charge is 2.06. The molecule has 4 heteroatoms. The Morgan fingerprint density at radius 1 is 0.909 bits per heavy atom. The summed E-state index contributed by atoms with van der Waals surface area (Å²) in [6.45, 7) is 3.95. The van der Waals surface area contributed by atoms with Gasteiger partial charge in [-0.3, -0.25) is 20.6 Å². The molecule has 2 N–H and O–H groups in total. The summed E-state index contributed by atoms with van der Waals surface area (Å²) in [6.07, 6.45) is 1.58. The van der Waals surface area contributed by atoms with Crippen molar-refractivity contribution in [3.8, 4) is 0 Å². The van der Waals surface area contributed by atoms with Crippen LogP contribution in [0.1, 0.15) is 16.1 Å². The SMILES string of the molecule is C=C(NNC(=O)c1ccccn1)c1ccc2ccccc2c1. The van der Waals surface area contributed by atoms with Gasteiger partial charge in [0.15, 0.2) is 0 Å². The molecule has 3 rings (SSSR count). The Morgan fingerprint density at radius 3 is 2.45 bits per heavy atom. The van der Waals surface area contributed by atoms with Crippen molar-refractivity contribution in [2.75, 3.05) is 0 Å². The van der Waals surface area contributed by atoms with E-state index >= 15 is 0 Å². The molecule has 108 valence electrons. The third-order valence-electron chi connectivity index (χ3n) is 3.32. The fourth-order valence-electron chi connectivity index (χ4n) is 2.14. The lowest BCUT2D eigenvalue weighted by molar-refractivity contribution is 0.0937. The van der Waals surface area contributed by atoms with Gasteiger partial charge in [-0.25, -0.2) is 0 Å². The van der Waals surface area contributed by atoms with E-state index in [1.165, 1.54) is 0 Å². The van der Waals surface area contributed by atoms with Crippen molar-refractivity contribution < 1.29 is 4.79 Å². The second-order valence-corrected chi connectivity index (χ2v) is 4.83. The number of benzene rings is 2. The molecule has 0 aliphatic rings. The van der Waals surface area contributed by atoms with Crippen molar-refractivity contribution in [2.45, 2.75) is 0 Å². The van der Waals surface area contributed by atoms with Gasteiger partial charge in [-0.1, -0.05) is 49.0 Å². The summed E-state index contributed by atoms with van der Waals surface area (Å²) in [5, 5.41) is 2.29. The summed E-state index contributed by atoms with van der Waals surface area (Å²) in [6, 6.07) is 19.3. The minimum atomic E-state index is -0.303. The summed E-state index contributed by atoms with van der Waals surface area (Å²) in [4.78, 5) is 15.9. The van der Waals surface area contributed by atoms with Crippen molar-refractivity contribution >= 4 is 22.4 Å². The Kier molecular flexibility index (Phi) is 3.83. The van der Waals surface area contributed by atoms with E-state index in [-0.39, 0.29) is 5.91 Å². The van der Waals surface area contributed by atoms with Crippen LogP contribution in [0.15, 0.2) is 73.4 Å². The smallest absolute Gasteiger partial charge is 0.288 e. The Balaban J connectivity index is 1.69. The van der Waals surface area contributed by atoms with Gasteiger partial charge in [0.2, 0.25) is 0 Å². The van der Waals surface area contributed by atoms with Crippen LogP contribution in [0.25, 0.3) is 16.5 Å². The zero-order chi connectivity index (χ0) is 15.4. The van der Waals surface area contributed by atoms with Gasteiger partial charge in [0.25, 0.3) is 5.91 Å². The summed E-state index contributed by atoms with van der Waals surface area (Å²) < 4.78 is 0. The summed E-state index contributed by atoms with van der Waals surface area (Å²) in [7, 11) is 0. The van der Waals surface area contributed by atoms with E-state index in [9.17, 15) is 4.79 Å². The molecule has 0 fully saturated rings. The molecule has 2 aromatic carbocycles. The number of hydrazine groups is 1. The molecule has 3 aromatic rings. The third-order valence-corrected chi connectivity index (χ3v) is 3.32. The van der Waals surface area contributed by atoms with Gasteiger partial charge < -0.3 is 0 Å². The first-order valence-corrected chi connectivity index (χ1v) is 6.89. The molecule has 4 nitrogen and oxygen atoms in total. The van der Waals surface area contributed by atoms with Crippen LogP contribution in [0.5, 0.6) is 0 Å². The van der Waals surface area contributed by atoms with Crippen molar-refractivity contribution in [1.29, 1.82) is 0 Å². The fourth-order valence-corrected chi connectivity index (χ4v) is 2.14. The van der Waals surface area contributed by atoms with E-state index in [2.05, 4.69) is 28.5 Å². The highest BCUT2D eigenvalue weighted by atomic mass is 16.2. The first-order valence-electron chi connectivity index (χ1n) is 6.89. The number of pyridine rings is 1. The molecule has 0 aliphatic carbocycles. The average Bonchev–Trinajstić information content (AvgIpc) is 2.59. The largest absolute Gasteiger partial charge is 0.298 e. The highest BCUT2D eigenvalue weighted by Crippen LogP contribution is 2.18. The second-order valence-electron chi connectivity index (χ2n) is 4.83. The highest BCUT2D eigenvalue weighted by molar-refractivity contribution is 5.92. The fraction of sp³-hybridized carbons (Fsp3) is 0. The number of aromatic nitrogens is 1. The lowest BCUT2D eigenvalue weighted by atomic mass is 10.1. The Bertz CT molecular complexity index is 828. The van der Waals surface area contributed by atoms with Crippen LogP contribution in [0.3, 0.4) is 0 Å². The maximum absolute atomic E-state index is 11.9. The maximum Gasteiger partial charge on any atom is 0.288 e. The first kappa shape index (κ1) is 13.8. The van der Waals surface area contributed by atoms with Gasteiger partial charge in [-0.2, -0.15) is 0 Å². The normalized spacial score (nSPS) is 10.2. The molecule has 0 saturated heterocycles. The first-order chi connectivity index (χ1) is 10.7. The van der Waals surface area contributed by atoms with Gasteiger partial charge in [-0.15, -0.1) is 0 Å². The van der Waals surface area contributed by atoms with Gasteiger partial charge in [0.1, 0.15) is 5.69 Å². The molecule has 0 radical (unpaired) electrons. The molecule has 0 saturated carbocycles. The number of hydrogen-bond acceptors (Lipinski definition) is 3. The molecule has 0 aliphatic heterocycles. The van der Waals surface area contributed by atoms with E-state index in [0.29, 0.717) is 11.4 Å². The van der Waals surface area contributed by atoms with Crippen molar-refractivity contribution in [2.24, 2.45) is 0 Å².